The van der Waals surface area contributed by atoms with Crippen LogP contribution in [0.5, 0.6) is 0 Å². The van der Waals surface area contributed by atoms with Gasteiger partial charge in [-0.15, -0.1) is 0 Å². The third kappa shape index (κ3) is 2.71. The fourth-order valence-electron chi connectivity index (χ4n) is 2.58. The first-order valence-electron chi connectivity index (χ1n) is 7.06. The van der Waals surface area contributed by atoms with Gasteiger partial charge < -0.3 is 15.8 Å². The van der Waals surface area contributed by atoms with Crippen LogP contribution in [0.4, 0.5) is 11.4 Å². The molecule has 1 unspecified atom stereocenters. The van der Waals surface area contributed by atoms with Crippen molar-refractivity contribution >= 4 is 22.3 Å². The summed E-state index contributed by atoms with van der Waals surface area (Å²) in [4.78, 5) is 2.40. The number of H-pyrrole nitrogens is 1. The van der Waals surface area contributed by atoms with Gasteiger partial charge in [-0.25, -0.2) is 0 Å². The Balaban J connectivity index is 1.65. The van der Waals surface area contributed by atoms with Crippen molar-refractivity contribution in [3.05, 3.63) is 18.3 Å². The maximum atomic E-state index is 6.06. The first kappa shape index (κ1) is 13.2. The molecule has 1 aromatic heterocycles. The van der Waals surface area contributed by atoms with Gasteiger partial charge in [-0.2, -0.15) is 5.10 Å². The molecule has 6 nitrogen and oxygen atoms in total. The summed E-state index contributed by atoms with van der Waals surface area (Å²) in [5, 5.41) is 11.4. The number of aromatic amines is 1. The number of aromatic nitrogens is 2. The van der Waals surface area contributed by atoms with E-state index < -0.39 is 0 Å². The molecular weight excluding hydrogens is 254 g/mol. The predicted molar refractivity (Wildman–Crippen MR) is 80.8 cm³/mol. The number of fused-ring (bicyclic) bond motifs is 1. The van der Waals surface area contributed by atoms with Gasteiger partial charge in [-0.3, -0.25) is 10.00 Å². The number of nitrogens with two attached hydrogens (primary N) is 1. The highest BCUT2D eigenvalue weighted by molar-refractivity contribution is 5.88. The summed E-state index contributed by atoms with van der Waals surface area (Å²) in [5.74, 6) is 0. The van der Waals surface area contributed by atoms with E-state index in [1.165, 1.54) is 0 Å². The predicted octanol–water partition coefficient (Wildman–Crippen LogP) is 1.28. The molecule has 0 aliphatic carbocycles. The number of rotatable bonds is 4. The summed E-state index contributed by atoms with van der Waals surface area (Å²) in [6.45, 7) is 6.81. The first-order chi connectivity index (χ1) is 9.76. The van der Waals surface area contributed by atoms with Gasteiger partial charge in [0.2, 0.25) is 0 Å². The Labute approximate surface area is 118 Å². The number of morpholine rings is 1. The van der Waals surface area contributed by atoms with Crippen LogP contribution in [0.15, 0.2) is 18.3 Å². The molecule has 0 bridgehead atoms. The Morgan fingerprint density at radius 1 is 1.55 bits per heavy atom. The molecule has 1 saturated heterocycles. The minimum Gasteiger partial charge on any atom is -0.397 e. The highest BCUT2D eigenvalue weighted by Gasteiger charge is 2.19. The van der Waals surface area contributed by atoms with E-state index in [0.717, 1.165) is 55.1 Å². The SMILES string of the molecule is CCN1CCOC(CNc2cc3[nH]ncc3cc2N)C1. The van der Waals surface area contributed by atoms with Gasteiger partial charge in [0, 0.05) is 25.0 Å². The average molecular weight is 275 g/mol. The molecule has 1 fully saturated rings. The standard InChI is InChI=1S/C14H21N5O/c1-2-19-3-4-20-11(9-19)8-16-14-6-13-10(5-12(14)15)7-17-18-13/h5-7,11,16H,2-4,8-9,15H2,1H3,(H,17,18). The molecule has 4 N–H and O–H groups in total. The van der Waals surface area contributed by atoms with Crippen LogP contribution in [0.3, 0.4) is 0 Å². The molecule has 1 aliphatic heterocycles. The number of hydrogen-bond donors (Lipinski definition) is 3. The first-order valence-corrected chi connectivity index (χ1v) is 7.06. The van der Waals surface area contributed by atoms with Crippen molar-refractivity contribution in [3.63, 3.8) is 0 Å². The minimum atomic E-state index is 0.209. The molecular formula is C14H21N5O. The molecule has 1 aromatic carbocycles. The van der Waals surface area contributed by atoms with Crippen LogP contribution in [0, 0.1) is 0 Å². The van der Waals surface area contributed by atoms with E-state index in [1.807, 2.05) is 12.1 Å². The van der Waals surface area contributed by atoms with Gasteiger partial charge in [0.05, 0.1) is 35.8 Å². The van der Waals surface area contributed by atoms with Crippen molar-refractivity contribution in [1.82, 2.24) is 15.1 Å². The number of nitrogens with zero attached hydrogens (tertiary/aromatic N) is 2. The fraction of sp³-hybridized carbons (Fsp3) is 0.500. The third-order valence-corrected chi connectivity index (χ3v) is 3.80. The molecule has 0 amide bonds. The number of nitrogens with one attached hydrogen (secondary N) is 2. The number of ether oxygens (including phenoxy) is 1. The topological polar surface area (TPSA) is 79.2 Å². The van der Waals surface area contributed by atoms with E-state index in [0.29, 0.717) is 0 Å². The zero-order valence-corrected chi connectivity index (χ0v) is 11.7. The Morgan fingerprint density at radius 2 is 2.45 bits per heavy atom. The third-order valence-electron chi connectivity index (χ3n) is 3.80. The highest BCUT2D eigenvalue weighted by atomic mass is 16.5. The summed E-state index contributed by atoms with van der Waals surface area (Å²) >= 11 is 0. The fourth-order valence-corrected chi connectivity index (χ4v) is 2.58. The summed E-state index contributed by atoms with van der Waals surface area (Å²) in [7, 11) is 0. The van der Waals surface area contributed by atoms with Crippen molar-refractivity contribution in [1.29, 1.82) is 0 Å². The summed E-state index contributed by atoms with van der Waals surface area (Å²) in [5.41, 5.74) is 8.71. The van der Waals surface area contributed by atoms with E-state index >= 15 is 0 Å². The van der Waals surface area contributed by atoms with E-state index in [1.54, 1.807) is 6.20 Å². The van der Waals surface area contributed by atoms with Crippen LogP contribution in [0.25, 0.3) is 10.9 Å². The molecule has 0 spiro atoms. The molecule has 1 aliphatic rings. The molecule has 6 heteroatoms. The van der Waals surface area contributed by atoms with Crippen LogP contribution < -0.4 is 11.1 Å². The molecule has 108 valence electrons. The lowest BCUT2D eigenvalue weighted by Gasteiger charge is -2.32. The summed E-state index contributed by atoms with van der Waals surface area (Å²) < 4.78 is 5.78. The maximum Gasteiger partial charge on any atom is 0.0874 e. The molecule has 20 heavy (non-hydrogen) atoms. The quantitative estimate of drug-likeness (QED) is 0.733. The Kier molecular flexibility index (Phi) is 3.75. The lowest BCUT2D eigenvalue weighted by molar-refractivity contribution is -0.0191. The number of nitrogen functional groups attached to an aromatic ring is 1. The zero-order chi connectivity index (χ0) is 13.9. The van der Waals surface area contributed by atoms with Gasteiger partial charge in [0.25, 0.3) is 0 Å². The van der Waals surface area contributed by atoms with Crippen molar-refractivity contribution in [2.75, 3.05) is 43.8 Å². The van der Waals surface area contributed by atoms with Gasteiger partial charge in [-0.1, -0.05) is 6.92 Å². The monoisotopic (exact) mass is 275 g/mol. The summed E-state index contributed by atoms with van der Waals surface area (Å²) in [6.07, 6.45) is 1.99. The molecule has 1 atom stereocenters. The second-order valence-corrected chi connectivity index (χ2v) is 5.16. The van der Waals surface area contributed by atoms with Crippen LogP contribution in [-0.4, -0.2) is 54.0 Å². The van der Waals surface area contributed by atoms with Gasteiger partial charge in [0.15, 0.2) is 0 Å². The maximum absolute atomic E-state index is 6.06. The van der Waals surface area contributed by atoms with Crippen molar-refractivity contribution < 1.29 is 4.74 Å². The van der Waals surface area contributed by atoms with Crippen LogP contribution >= 0.6 is 0 Å². The van der Waals surface area contributed by atoms with Gasteiger partial charge >= 0.3 is 0 Å². The van der Waals surface area contributed by atoms with Crippen molar-refractivity contribution in [2.45, 2.75) is 13.0 Å². The summed E-state index contributed by atoms with van der Waals surface area (Å²) in [6, 6.07) is 3.93. The van der Waals surface area contributed by atoms with Gasteiger partial charge in [-0.05, 0) is 18.7 Å². The largest absolute Gasteiger partial charge is 0.397 e. The molecule has 0 saturated carbocycles. The van der Waals surface area contributed by atoms with E-state index in [9.17, 15) is 0 Å². The van der Waals surface area contributed by atoms with Gasteiger partial charge in [0.1, 0.15) is 0 Å². The zero-order valence-electron chi connectivity index (χ0n) is 11.7. The number of benzene rings is 1. The number of likely N-dealkylation sites (N-methyl/N-ethyl adjacent to an activating group) is 1. The Bertz CT molecular complexity index is 582. The molecule has 2 aromatic rings. The van der Waals surface area contributed by atoms with Crippen LogP contribution in [0.2, 0.25) is 0 Å². The Morgan fingerprint density at radius 3 is 3.30 bits per heavy atom. The molecule has 3 rings (SSSR count). The Hall–Kier alpha value is -1.79. The van der Waals surface area contributed by atoms with E-state index in [4.69, 9.17) is 10.5 Å². The second-order valence-electron chi connectivity index (χ2n) is 5.16. The highest BCUT2D eigenvalue weighted by Crippen LogP contribution is 2.24. The van der Waals surface area contributed by atoms with E-state index in [2.05, 4.69) is 27.3 Å². The number of anilines is 2. The smallest absolute Gasteiger partial charge is 0.0874 e. The molecule has 0 radical (unpaired) electrons. The normalized spacial score (nSPS) is 20.4. The molecule has 2 heterocycles. The minimum absolute atomic E-state index is 0.209. The van der Waals surface area contributed by atoms with E-state index in [-0.39, 0.29) is 6.10 Å². The van der Waals surface area contributed by atoms with Crippen molar-refractivity contribution in [2.24, 2.45) is 0 Å². The second kappa shape index (κ2) is 5.68. The lowest BCUT2D eigenvalue weighted by Crippen LogP contribution is -2.45. The lowest BCUT2D eigenvalue weighted by atomic mass is 10.2. The van der Waals surface area contributed by atoms with Crippen LogP contribution in [0.1, 0.15) is 6.92 Å². The number of hydrogen-bond acceptors (Lipinski definition) is 5. The van der Waals surface area contributed by atoms with Crippen molar-refractivity contribution in [3.8, 4) is 0 Å². The van der Waals surface area contributed by atoms with Crippen LogP contribution in [-0.2, 0) is 4.74 Å². The average Bonchev–Trinajstić information content (AvgIpc) is 2.92.